The molecule has 2 aromatic carbocycles. The van der Waals surface area contributed by atoms with Gasteiger partial charge in [0.2, 0.25) is 0 Å². The van der Waals surface area contributed by atoms with Gasteiger partial charge in [-0.15, -0.1) is 0 Å². The molecule has 8 nitrogen and oxygen atoms in total. The Morgan fingerprint density at radius 3 is 2.50 bits per heavy atom. The topological polar surface area (TPSA) is 116 Å². The third-order valence-electron chi connectivity index (χ3n) is 6.01. The summed E-state index contributed by atoms with van der Waals surface area (Å²) in [6.07, 6.45) is 0.423. The van der Waals surface area contributed by atoms with Crippen LogP contribution >= 0.6 is 0 Å². The Morgan fingerprint density at radius 2 is 1.76 bits per heavy atom. The Morgan fingerprint density at radius 1 is 1.06 bits per heavy atom. The molecule has 1 saturated heterocycles. The Labute approximate surface area is 198 Å². The van der Waals surface area contributed by atoms with Crippen LogP contribution in [-0.4, -0.2) is 57.2 Å². The Hall–Kier alpha value is -3.49. The summed E-state index contributed by atoms with van der Waals surface area (Å²) in [5.41, 5.74) is 2.87. The van der Waals surface area contributed by atoms with Gasteiger partial charge in [-0.05, 0) is 24.0 Å². The van der Waals surface area contributed by atoms with Crippen molar-refractivity contribution in [2.75, 3.05) is 13.1 Å². The molecule has 178 valence electrons. The number of aliphatic hydroxyl groups is 2. The summed E-state index contributed by atoms with van der Waals surface area (Å²) in [4.78, 5) is 31.1. The molecule has 1 fully saturated rings. The maximum Gasteiger partial charge on any atom is 0.255 e. The molecule has 0 saturated carbocycles. The number of likely N-dealkylation sites (tertiary alicyclic amines) is 1. The molecule has 3 aromatic rings. The van der Waals surface area contributed by atoms with Crippen molar-refractivity contribution in [1.82, 2.24) is 15.2 Å². The van der Waals surface area contributed by atoms with Crippen molar-refractivity contribution in [3.8, 4) is 0 Å². The Kier molecular flexibility index (Phi) is 7.72. The van der Waals surface area contributed by atoms with Gasteiger partial charge in [0.15, 0.2) is 18.1 Å². The predicted molar refractivity (Wildman–Crippen MR) is 125 cm³/mol. The number of hydrogen-bond acceptors (Lipinski definition) is 6. The van der Waals surface area contributed by atoms with Crippen LogP contribution in [0.4, 0.5) is 0 Å². The first-order valence-electron chi connectivity index (χ1n) is 11.5. The van der Waals surface area contributed by atoms with E-state index in [2.05, 4.69) is 10.3 Å². The van der Waals surface area contributed by atoms with Crippen molar-refractivity contribution < 1.29 is 24.2 Å². The van der Waals surface area contributed by atoms with E-state index in [9.17, 15) is 19.8 Å². The molecule has 0 bridgehead atoms. The fourth-order valence-electron chi connectivity index (χ4n) is 4.25. The van der Waals surface area contributed by atoms with Crippen molar-refractivity contribution in [2.45, 2.75) is 43.9 Å². The molecule has 1 aromatic heterocycles. The van der Waals surface area contributed by atoms with Gasteiger partial charge < -0.3 is 24.8 Å². The molecule has 1 unspecified atom stereocenters. The zero-order valence-electron chi connectivity index (χ0n) is 18.8. The predicted octanol–water partition coefficient (Wildman–Crippen LogP) is 2.01. The second-order valence-corrected chi connectivity index (χ2v) is 8.43. The third kappa shape index (κ3) is 5.70. The number of rotatable bonds is 9. The van der Waals surface area contributed by atoms with Gasteiger partial charge in [0.25, 0.3) is 11.8 Å². The molecule has 0 spiro atoms. The van der Waals surface area contributed by atoms with Crippen molar-refractivity contribution >= 4 is 11.8 Å². The lowest BCUT2D eigenvalue weighted by Gasteiger charge is -2.28. The minimum Gasteiger partial charge on any atom is -0.449 e. The van der Waals surface area contributed by atoms with Crippen molar-refractivity contribution in [3.05, 3.63) is 89.6 Å². The third-order valence-corrected chi connectivity index (χ3v) is 6.01. The summed E-state index contributed by atoms with van der Waals surface area (Å²) in [5, 5.41) is 23.2. The van der Waals surface area contributed by atoms with Gasteiger partial charge in [0, 0.05) is 25.9 Å². The van der Waals surface area contributed by atoms with Crippen molar-refractivity contribution in [3.63, 3.8) is 0 Å². The fraction of sp³-hybridized carbons (Fsp3) is 0.346. The van der Waals surface area contributed by atoms with Gasteiger partial charge in [0.05, 0.1) is 11.7 Å². The maximum absolute atomic E-state index is 12.8. The van der Waals surface area contributed by atoms with Crippen LogP contribution in [0.5, 0.6) is 0 Å². The molecule has 34 heavy (non-hydrogen) atoms. The van der Waals surface area contributed by atoms with Crippen LogP contribution < -0.4 is 5.32 Å². The van der Waals surface area contributed by atoms with E-state index in [1.807, 2.05) is 60.7 Å². The summed E-state index contributed by atoms with van der Waals surface area (Å²) < 4.78 is 5.45. The van der Waals surface area contributed by atoms with Crippen LogP contribution in [0.1, 0.15) is 41.6 Å². The Bertz CT molecular complexity index is 1090. The number of carbonyl (C=O) groups is 2. The molecule has 0 radical (unpaired) electrons. The largest absolute Gasteiger partial charge is 0.449 e. The number of benzene rings is 2. The fourth-order valence-corrected chi connectivity index (χ4v) is 4.25. The number of amides is 2. The number of carbonyl (C=O) groups excluding carboxylic acids is 2. The van der Waals surface area contributed by atoms with Crippen LogP contribution in [0, 0.1) is 0 Å². The number of nitrogens with one attached hydrogen (secondary N) is 1. The molecular formula is C26H29N3O5. The van der Waals surface area contributed by atoms with E-state index >= 15 is 0 Å². The molecule has 8 heteroatoms. The summed E-state index contributed by atoms with van der Waals surface area (Å²) in [7, 11) is 0. The smallest absolute Gasteiger partial charge is 0.255 e. The molecule has 0 aliphatic carbocycles. The zero-order chi connectivity index (χ0) is 23.9. The average molecular weight is 464 g/mol. The molecule has 3 N–H and O–H groups in total. The van der Waals surface area contributed by atoms with Gasteiger partial charge in [-0.2, -0.15) is 0 Å². The van der Waals surface area contributed by atoms with E-state index in [0.717, 1.165) is 29.7 Å². The summed E-state index contributed by atoms with van der Waals surface area (Å²) in [6.45, 7) is 0.623. The first-order chi connectivity index (χ1) is 16.5. The molecule has 1 aliphatic heterocycles. The van der Waals surface area contributed by atoms with Crippen LogP contribution in [0.3, 0.4) is 0 Å². The minimum atomic E-state index is -1.86. The summed E-state index contributed by atoms with van der Waals surface area (Å²) >= 11 is 0. The standard InChI is InChI=1S/C26H29N3O5/c30-23(24(31)26(33)29-15-7-12-21(29)19-10-5-2-6-11-19)25(32)27-14-13-22-28-20(17-34-22)16-18-8-3-1-4-9-18/h1-6,8-11,17,21,23-24,30-31H,7,12-16H2,(H,27,32)/t21?,23-,24-/m1/s1. The van der Waals surface area contributed by atoms with Crippen LogP contribution in [0.2, 0.25) is 0 Å². The SMILES string of the molecule is O=C(NCCc1nc(Cc2ccccc2)co1)[C@H](O)[C@@H](O)C(=O)N1CCCC1c1ccccc1. The lowest BCUT2D eigenvalue weighted by atomic mass is 10.0. The van der Waals surface area contributed by atoms with E-state index in [0.29, 0.717) is 25.3 Å². The number of oxazole rings is 1. The Balaban J connectivity index is 1.26. The number of nitrogens with zero attached hydrogens (tertiary/aromatic N) is 2. The highest BCUT2D eigenvalue weighted by Gasteiger charge is 2.38. The minimum absolute atomic E-state index is 0.151. The normalized spacial score (nSPS) is 17.4. The van der Waals surface area contributed by atoms with Gasteiger partial charge >= 0.3 is 0 Å². The first kappa shape index (κ1) is 23.7. The first-order valence-corrected chi connectivity index (χ1v) is 11.5. The van der Waals surface area contributed by atoms with Crippen molar-refractivity contribution in [2.24, 2.45) is 0 Å². The highest BCUT2D eigenvalue weighted by Crippen LogP contribution is 2.32. The number of aliphatic hydroxyl groups excluding tert-OH is 2. The summed E-state index contributed by atoms with van der Waals surface area (Å²) in [5.74, 6) is -1.00. The van der Waals surface area contributed by atoms with Crippen LogP contribution in [0.25, 0.3) is 0 Å². The van der Waals surface area contributed by atoms with E-state index < -0.39 is 24.0 Å². The van der Waals surface area contributed by atoms with E-state index in [1.165, 1.54) is 4.90 Å². The lowest BCUT2D eigenvalue weighted by Crippen LogP contribution is -2.50. The highest BCUT2D eigenvalue weighted by atomic mass is 16.3. The van der Waals surface area contributed by atoms with Gasteiger partial charge in [-0.25, -0.2) is 4.98 Å². The number of aromatic nitrogens is 1. The monoisotopic (exact) mass is 463 g/mol. The second-order valence-electron chi connectivity index (χ2n) is 8.43. The molecule has 3 atom stereocenters. The van der Waals surface area contributed by atoms with E-state index in [-0.39, 0.29) is 12.6 Å². The highest BCUT2D eigenvalue weighted by molar-refractivity contribution is 5.91. The van der Waals surface area contributed by atoms with Crippen LogP contribution in [-0.2, 0) is 22.4 Å². The van der Waals surface area contributed by atoms with Crippen molar-refractivity contribution in [1.29, 1.82) is 0 Å². The molecular weight excluding hydrogens is 434 g/mol. The molecule has 4 rings (SSSR count). The molecule has 2 heterocycles. The van der Waals surface area contributed by atoms with E-state index in [4.69, 9.17) is 4.42 Å². The second kappa shape index (κ2) is 11.1. The molecule has 2 amide bonds. The average Bonchev–Trinajstić information content (AvgIpc) is 3.53. The van der Waals surface area contributed by atoms with Gasteiger partial charge in [-0.3, -0.25) is 9.59 Å². The van der Waals surface area contributed by atoms with Gasteiger partial charge in [0.1, 0.15) is 6.26 Å². The molecule has 1 aliphatic rings. The maximum atomic E-state index is 12.8. The quantitative estimate of drug-likeness (QED) is 0.447. The van der Waals surface area contributed by atoms with Crippen LogP contribution in [0.15, 0.2) is 71.3 Å². The van der Waals surface area contributed by atoms with E-state index in [1.54, 1.807) is 6.26 Å². The zero-order valence-corrected chi connectivity index (χ0v) is 18.8. The number of hydrogen-bond donors (Lipinski definition) is 3. The lowest BCUT2D eigenvalue weighted by molar-refractivity contribution is -0.153. The summed E-state index contributed by atoms with van der Waals surface area (Å²) in [6, 6.07) is 19.3. The van der Waals surface area contributed by atoms with Gasteiger partial charge in [-0.1, -0.05) is 60.7 Å².